The van der Waals surface area contributed by atoms with E-state index in [0.29, 0.717) is 0 Å². The highest BCUT2D eigenvalue weighted by Crippen LogP contribution is 2.27. The average Bonchev–Trinajstić information content (AvgIpc) is 2.46. The van der Waals surface area contributed by atoms with Crippen LogP contribution in [0.1, 0.15) is 37.3 Å². The van der Waals surface area contributed by atoms with Gasteiger partial charge in [-0.2, -0.15) is 0 Å². The van der Waals surface area contributed by atoms with Crippen LogP contribution in [0.15, 0.2) is 17.4 Å². The van der Waals surface area contributed by atoms with Crippen LogP contribution >= 0.6 is 0 Å². The molecule has 0 amide bonds. The smallest absolute Gasteiger partial charge is 0.174 e. The normalized spacial score (nSPS) is 17.8. The van der Waals surface area contributed by atoms with Crippen LogP contribution in [0.3, 0.4) is 0 Å². The number of nitrogens with zero attached hydrogens (tertiary/aromatic N) is 3. The maximum Gasteiger partial charge on any atom is 0.174 e. The van der Waals surface area contributed by atoms with Crippen molar-refractivity contribution >= 4 is 11.7 Å². The molecule has 0 bridgehead atoms. The van der Waals surface area contributed by atoms with Crippen molar-refractivity contribution in [3.63, 3.8) is 0 Å². The molecule has 0 radical (unpaired) electrons. The van der Waals surface area contributed by atoms with Gasteiger partial charge in [0.25, 0.3) is 0 Å². The van der Waals surface area contributed by atoms with Gasteiger partial charge in [-0.05, 0) is 37.3 Å². The van der Waals surface area contributed by atoms with Crippen LogP contribution in [0, 0.1) is 12.8 Å². The number of nitrogens with two attached hydrogens (primary N) is 1. The summed E-state index contributed by atoms with van der Waals surface area (Å²) in [7, 11) is 0. The number of hydrogen-bond donors (Lipinski definition) is 2. The third kappa shape index (κ3) is 2.80. The molecule has 0 saturated carbocycles. The first-order valence-electron chi connectivity index (χ1n) is 6.85. The van der Waals surface area contributed by atoms with E-state index < -0.39 is 0 Å². The van der Waals surface area contributed by atoms with Crippen LogP contribution in [-0.2, 0) is 0 Å². The molecule has 0 unspecified atom stereocenters. The monoisotopic (exact) mass is 262 g/mol. The second-order valence-corrected chi connectivity index (χ2v) is 5.15. The molecule has 2 heterocycles. The zero-order valence-corrected chi connectivity index (χ0v) is 11.6. The lowest BCUT2D eigenvalue weighted by molar-refractivity contribution is 0.318. The van der Waals surface area contributed by atoms with Crippen LogP contribution in [0.5, 0.6) is 0 Å². The number of piperidine rings is 1. The van der Waals surface area contributed by atoms with Crippen molar-refractivity contribution in [3.05, 3.63) is 23.4 Å². The summed E-state index contributed by atoms with van der Waals surface area (Å²) in [4.78, 5) is 6.68. The topological polar surface area (TPSA) is 74.7 Å². The zero-order valence-electron chi connectivity index (χ0n) is 11.6. The maximum absolute atomic E-state index is 8.93. The molecule has 5 nitrogen and oxygen atoms in total. The maximum atomic E-state index is 8.93. The van der Waals surface area contributed by atoms with Crippen molar-refractivity contribution in [2.75, 3.05) is 18.0 Å². The molecule has 0 atom stereocenters. The number of pyridine rings is 1. The number of aromatic nitrogens is 1. The Balaban J connectivity index is 2.28. The number of aryl methyl sites for hydroxylation is 1. The summed E-state index contributed by atoms with van der Waals surface area (Å²) in [5, 5.41) is 12.1. The van der Waals surface area contributed by atoms with E-state index in [1.807, 2.05) is 13.0 Å². The van der Waals surface area contributed by atoms with Crippen LogP contribution in [0.4, 0.5) is 5.82 Å². The molecule has 1 aromatic rings. The lowest BCUT2D eigenvalue weighted by atomic mass is 9.94. The Hall–Kier alpha value is -1.78. The first kappa shape index (κ1) is 13.6. The van der Waals surface area contributed by atoms with E-state index in [1.165, 1.54) is 19.3 Å². The van der Waals surface area contributed by atoms with Gasteiger partial charge in [-0.3, -0.25) is 0 Å². The van der Waals surface area contributed by atoms with Gasteiger partial charge in [0.1, 0.15) is 5.82 Å². The number of rotatable bonds is 3. The Kier molecular flexibility index (Phi) is 4.24. The van der Waals surface area contributed by atoms with Gasteiger partial charge in [0.15, 0.2) is 5.84 Å². The molecule has 19 heavy (non-hydrogen) atoms. The lowest BCUT2D eigenvalue weighted by Gasteiger charge is -2.33. The molecular weight excluding hydrogens is 240 g/mol. The van der Waals surface area contributed by atoms with E-state index in [2.05, 4.69) is 22.0 Å². The van der Waals surface area contributed by atoms with Crippen LogP contribution in [-0.4, -0.2) is 29.1 Å². The second kappa shape index (κ2) is 5.91. The fraction of sp³-hybridized carbons (Fsp3) is 0.571. The van der Waals surface area contributed by atoms with Gasteiger partial charge in [-0.1, -0.05) is 18.5 Å². The Morgan fingerprint density at radius 1 is 1.53 bits per heavy atom. The molecule has 1 aliphatic rings. The fourth-order valence-corrected chi connectivity index (χ4v) is 2.70. The van der Waals surface area contributed by atoms with Crippen LogP contribution < -0.4 is 10.6 Å². The van der Waals surface area contributed by atoms with Gasteiger partial charge in [0.05, 0.1) is 5.56 Å². The molecule has 0 aliphatic carbocycles. The van der Waals surface area contributed by atoms with E-state index in [-0.39, 0.29) is 5.84 Å². The molecule has 5 heteroatoms. The van der Waals surface area contributed by atoms with Crippen LogP contribution in [0.2, 0.25) is 0 Å². The van der Waals surface area contributed by atoms with Gasteiger partial charge in [-0.25, -0.2) is 4.98 Å². The molecular formula is C14H22N4O. The summed E-state index contributed by atoms with van der Waals surface area (Å²) in [5.74, 6) is 1.79. The molecule has 104 valence electrons. The van der Waals surface area contributed by atoms with Crippen molar-refractivity contribution in [2.24, 2.45) is 16.8 Å². The van der Waals surface area contributed by atoms with Crippen molar-refractivity contribution in [2.45, 2.75) is 33.1 Å². The standard InChI is InChI=1S/C14H22N4O/c1-3-11-5-8-18(9-6-11)14-12(13(15)17-19)10(2)4-7-16-14/h4,7,11,19H,3,5-6,8-9H2,1-2H3,(H2,15,17). The van der Waals surface area contributed by atoms with E-state index in [1.54, 1.807) is 6.20 Å². The minimum atomic E-state index is 0.137. The summed E-state index contributed by atoms with van der Waals surface area (Å²) in [6, 6.07) is 1.88. The van der Waals surface area contributed by atoms with Crippen LogP contribution in [0.25, 0.3) is 0 Å². The van der Waals surface area contributed by atoms with Crippen molar-refractivity contribution in [1.29, 1.82) is 0 Å². The Morgan fingerprint density at radius 3 is 2.79 bits per heavy atom. The predicted octanol–water partition coefficient (Wildman–Crippen LogP) is 2.11. The van der Waals surface area contributed by atoms with E-state index >= 15 is 0 Å². The molecule has 1 saturated heterocycles. The predicted molar refractivity (Wildman–Crippen MR) is 76.7 cm³/mol. The van der Waals surface area contributed by atoms with Crippen molar-refractivity contribution < 1.29 is 5.21 Å². The van der Waals surface area contributed by atoms with Gasteiger partial charge < -0.3 is 15.8 Å². The quantitative estimate of drug-likeness (QED) is 0.378. The number of hydrogen-bond acceptors (Lipinski definition) is 4. The highest BCUT2D eigenvalue weighted by atomic mass is 16.4. The number of amidine groups is 1. The largest absolute Gasteiger partial charge is 0.409 e. The lowest BCUT2D eigenvalue weighted by Crippen LogP contribution is -2.36. The summed E-state index contributed by atoms with van der Waals surface area (Å²) in [5.41, 5.74) is 7.52. The van der Waals surface area contributed by atoms with Crippen molar-refractivity contribution in [1.82, 2.24) is 4.98 Å². The minimum Gasteiger partial charge on any atom is -0.409 e. The van der Waals surface area contributed by atoms with Gasteiger partial charge in [-0.15, -0.1) is 0 Å². The summed E-state index contributed by atoms with van der Waals surface area (Å²) in [6.45, 7) is 6.17. The number of anilines is 1. The summed E-state index contributed by atoms with van der Waals surface area (Å²) >= 11 is 0. The molecule has 0 spiro atoms. The van der Waals surface area contributed by atoms with Gasteiger partial charge >= 0.3 is 0 Å². The SMILES string of the molecule is CCC1CCN(c2nccc(C)c2/C(N)=N/O)CC1. The minimum absolute atomic E-state index is 0.137. The highest BCUT2D eigenvalue weighted by Gasteiger charge is 2.22. The zero-order chi connectivity index (χ0) is 13.8. The van der Waals surface area contributed by atoms with E-state index in [9.17, 15) is 0 Å². The van der Waals surface area contributed by atoms with Gasteiger partial charge in [0.2, 0.25) is 0 Å². The van der Waals surface area contributed by atoms with Gasteiger partial charge in [0, 0.05) is 19.3 Å². The third-order valence-electron chi connectivity index (χ3n) is 3.99. The van der Waals surface area contributed by atoms with E-state index in [4.69, 9.17) is 10.9 Å². The average molecular weight is 262 g/mol. The van der Waals surface area contributed by atoms with Crippen molar-refractivity contribution in [3.8, 4) is 0 Å². The number of oxime groups is 1. The Labute approximate surface area is 114 Å². The van der Waals surface area contributed by atoms with E-state index in [0.717, 1.165) is 36.0 Å². The molecule has 1 aliphatic heterocycles. The molecule has 1 fully saturated rings. The first-order chi connectivity index (χ1) is 9.17. The Bertz CT molecular complexity index is 465. The second-order valence-electron chi connectivity index (χ2n) is 5.15. The first-order valence-corrected chi connectivity index (χ1v) is 6.85. The molecule has 0 aromatic carbocycles. The molecule has 1 aromatic heterocycles. The fourth-order valence-electron chi connectivity index (χ4n) is 2.70. The Morgan fingerprint density at radius 2 is 2.21 bits per heavy atom. The third-order valence-corrected chi connectivity index (χ3v) is 3.99. The molecule has 3 N–H and O–H groups in total. The summed E-state index contributed by atoms with van der Waals surface area (Å²) < 4.78 is 0. The summed E-state index contributed by atoms with van der Waals surface area (Å²) in [6.07, 6.45) is 5.39. The molecule has 2 rings (SSSR count). The highest BCUT2D eigenvalue weighted by molar-refractivity contribution is 6.02.